The van der Waals surface area contributed by atoms with Gasteiger partial charge in [0.2, 0.25) is 11.8 Å². The van der Waals surface area contributed by atoms with Crippen molar-refractivity contribution in [1.82, 2.24) is 10.2 Å². The number of rotatable bonds is 7. The van der Waals surface area contributed by atoms with E-state index < -0.39 is 23.5 Å². The average molecular weight is 423 g/mol. The smallest absolute Gasteiger partial charge is 0.223 e. The average Bonchev–Trinajstić information content (AvgIpc) is 3.47. The maximum absolute atomic E-state index is 14.0. The summed E-state index contributed by atoms with van der Waals surface area (Å²) in [7, 11) is 0. The number of nitrogens with zero attached hydrogens (tertiary/aromatic N) is 1. The van der Waals surface area contributed by atoms with Gasteiger partial charge in [0.1, 0.15) is 5.82 Å². The van der Waals surface area contributed by atoms with Gasteiger partial charge in [-0.25, -0.2) is 13.2 Å². The molecule has 2 aliphatic heterocycles. The molecule has 2 bridgehead atoms. The van der Waals surface area contributed by atoms with E-state index >= 15 is 0 Å². The Labute approximate surface area is 174 Å². The van der Waals surface area contributed by atoms with E-state index in [9.17, 15) is 22.8 Å². The molecule has 4 rings (SSSR count). The molecule has 3 fully saturated rings. The topological polar surface area (TPSA) is 75.4 Å². The minimum atomic E-state index is -1.21. The lowest BCUT2D eigenvalue weighted by atomic mass is 9.82. The van der Waals surface area contributed by atoms with Crippen LogP contribution in [0.1, 0.15) is 56.9 Å². The second kappa shape index (κ2) is 8.57. The van der Waals surface area contributed by atoms with E-state index in [2.05, 4.69) is 5.32 Å². The van der Waals surface area contributed by atoms with Gasteiger partial charge in [-0.1, -0.05) is 0 Å². The summed E-state index contributed by atoms with van der Waals surface area (Å²) in [6.45, 7) is 0. The van der Waals surface area contributed by atoms with Gasteiger partial charge in [0, 0.05) is 43.1 Å². The highest BCUT2D eigenvalue weighted by Crippen LogP contribution is 2.40. The Balaban J connectivity index is 1.32. The third-order valence-corrected chi connectivity index (χ3v) is 6.72. The van der Waals surface area contributed by atoms with E-state index in [1.54, 1.807) is 0 Å². The molecule has 2 saturated heterocycles. The quantitative estimate of drug-likeness (QED) is 0.663. The molecule has 0 radical (unpaired) electrons. The third kappa shape index (κ3) is 4.63. The lowest BCUT2D eigenvalue weighted by Gasteiger charge is -2.41. The second-order valence-corrected chi connectivity index (χ2v) is 8.98. The van der Waals surface area contributed by atoms with Gasteiger partial charge < -0.3 is 16.0 Å². The molecule has 0 unspecified atom stereocenters. The van der Waals surface area contributed by atoms with Crippen LogP contribution >= 0.6 is 0 Å². The number of halogens is 3. The van der Waals surface area contributed by atoms with Crippen molar-refractivity contribution in [2.24, 2.45) is 11.7 Å². The monoisotopic (exact) mass is 423 g/mol. The summed E-state index contributed by atoms with van der Waals surface area (Å²) in [5.41, 5.74) is 6.40. The van der Waals surface area contributed by atoms with Gasteiger partial charge in [0.25, 0.3) is 0 Å². The van der Waals surface area contributed by atoms with Crippen LogP contribution in [0.25, 0.3) is 0 Å². The molecule has 8 heteroatoms. The van der Waals surface area contributed by atoms with Crippen LogP contribution in [-0.2, 0) is 16.0 Å². The van der Waals surface area contributed by atoms with E-state index in [0.717, 1.165) is 31.7 Å². The van der Waals surface area contributed by atoms with Crippen LogP contribution in [0.5, 0.6) is 0 Å². The molecule has 3 aliphatic rings. The number of carbonyl (C=O) groups is 2. The molecule has 2 heterocycles. The largest absolute Gasteiger partial charge is 0.353 e. The zero-order valence-electron chi connectivity index (χ0n) is 16.9. The summed E-state index contributed by atoms with van der Waals surface area (Å²) in [6.07, 6.45) is 5.80. The first-order valence-corrected chi connectivity index (χ1v) is 10.8. The van der Waals surface area contributed by atoms with Crippen molar-refractivity contribution in [2.75, 3.05) is 0 Å². The van der Waals surface area contributed by atoms with Gasteiger partial charge >= 0.3 is 0 Å². The van der Waals surface area contributed by atoms with Gasteiger partial charge in [-0.3, -0.25) is 9.59 Å². The van der Waals surface area contributed by atoms with Gasteiger partial charge in [-0.15, -0.1) is 0 Å². The molecule has 0 spiro atoms. The molecule has 1 aliphatic carbocycles. The zero-order chi connectivity index (χ0) is 21.4. The van der Waals surface area contributed by atoms with E-state index in [4.69, 9.17) is 5.73 Å². The van der Waals surface area contributed by atoms with Crippen LogP contribution in [0.2, 0.25) is 0 Å². The van der Waals surface area contributed by atoms with Crippen LogP contribution in [0, 0.1) is 23.4 Å². The lowest BCUT2D eigenvalue weighted by molar-refractivity contribution is -0.138. The highest BCUT2D eigenvalue weighted by Gasteiger charge is 2.44. The highest BCUT2D eigenvalue weighted by molar-refractivity contribution is 5.84. The van der Waals surface area contributed by atoms with Crippen molar-refractivity contribution < 1.29 is 22.8 Å². The number of piperidine rings is 1. The first kappa shape index (κ1) is 21.2. The van der Waals surface area contributed by atoms with Crippen molar-refractivity contribution in [3.05, 3.63) is 35.1 Å². The van der Waals surface area contributed by atoms with Crippen molar-refractivity contribution >= 4 is 11.8 Å². The molecule has 0 aromatic heterocycles. The first-order chi connectivity index (χ1) is 14.3. The van der Waals surface area contributed by atoms with Gasteiger partial charge in [0.15, 0.2) is 11.6 Å². The highest BCUT2D eigenvalue weighted by atomic mass is 19.2. The number of nitrogens with one attached hydrogen (secondary N) is 1. The zero-order valence-corrected chi connectivity index (χ0v) is 16.9. The third-order valence-electron chi connectivity index (χ3n) is 6.72. The number of nitrogens with two attached hydrogens (primary N) is 1. The van der Waals surface area contributed by atoms with E-state index in [-0.39, 0.29) is 54.6 Å². The van der Waals surface area contributed by atoms with Crippen LogP contribution in [0.15, 0.2) is 12.1 Å². The summed E-state index contributed by atoms with van der Waals surface area (Å²) in [5, 5.41) is 2.90. The van der Waals surface area contributed by atoms with E-state index in [0.29, 0.717) is 24.9 Å². The molecule has 5 nitrogen and oxygen atoms in total. The Bertz CT molecular complexity index is 816. The van der Waals surface area contributed by atoms with Crippen molar-refractivity contribution in [1.29, 1.82) is 0 Å². The fourth-order valence-corrected chi connectivity index (χ4v) is 4.99. The Morgan fingerprint density at radius 3 is 2.27 bits per heavy atom. The van der Waals surface area contributed by atoms with Crippen LogP contribution in [0.3, 0.4) is 0 Å². The van der Waals surface area contributed by atoms with E-state index in [1.807, 2.05) is 4.90 Å². The summed E-state index contributed by atoms with van der Waals surface area (Å²) in [6, 6.07) is 1.49. The number of benzene rings is 1. The van der Waals surface area contributed by atoms with Crippen molar-refractivity contribution in [3.8, 4) is 0 Å². The second-order valence-electron chi connectivity index (χ2n) is 8.98. The summed E-state index contributed by atoms with van der Waals surface area (Å²) < 4.78 is 40.6. The summed E-state index contributed by atoms with van der Waals surface area (Å²) in [4.78, 5) is 26.5. The molecule has 1 aromatic rings. The van der Waals surface area contributed by atoms with Crippen LogP contribution in [-0.4, -0.2) is 40.9 Å². The maximum Gasteiger partial charge on any atom is 0.223 e. The predicted molar refractivity (Wildman–Crippen MR) is 105 cm³/mol. The fourth-order valence-electron chi connectivity index (χ4n) is 4.99. The number of carbonyl (C=O) groups excluding carboxylic acids is 2. The Morgan fingerprint density at radius 2 is 1.63 bits per heavy atom. The normalized spacial score (nSPS) is 26.5. The molecule has 1 aromatic carbocycles. The minimum Gasteiger partial charge on any atom is -0.353 e. The Hall–Kier alpha value is -2.09. The maximum atomic E-state index is 14.0. The van der Waals surface area contributed by atoms with Crippen LogP contribution < -0.4 is 11.1 Å². The molecule has 164 valence electrons. The lowest BCUT2D eigenvalue weighted by Crippen LogP contribution is -2.50. The molecule has 30 heavy (non-hydrogen) atoms. The van der Waals surface area contributed by atoms with Crippen molar-refractivity contribution in [3.63, 3.8) is 0 Å². The van der Waals surface area contributed by atoms with Gasteiger partial charge in [-0.2, -0.15) is 0 Å². The summed E-state index contributed by atoms with van der Waals surface area (Å²) >= 11 is 0. The number of fused-ring (bicyclic) bond motifs is 2. The SMILES string of the molecule is N[C@H](Cc1cc(F)c(F)cc1F)[C@@H]1C[C@H]2CC[C@@H](C1)N2C(=O)CCC(=O)NC1CC1. The molecule has 3 N–H and O–H groups in total. The minimum absolute atomic E-state index is 0.00659. The number of hydrogen-bond donors (Lipinski definition) is 2. The molecule has 2 amide bonds. The Kier molecular flexibility index (Phi) is 6.04. The standard InChI is InChI=1S/C22H28F3N3O2/c23-17-11-19(25)18(24)9-12(17)10-20(26)13-7-15-3-4-16(8-13)28(15)22(30)6-5-21(29)27-14-1-2-14/h9,11,13-16,20H,1-8,10,26H2,(H,27,29)/t13-,15-,16+,20-/m1/s1. The van der Waals surface area contributed by atoms with E-state index in [1.165, 1.54) is 0 Å². The molecule has 4 atom stereocenters. The first-order valence-electron chi connectivity index (χ1n) is 10.8. The van der Waals surface area contributed by atoms with Gasteiger partial charge in [-0.05, 0) is 62.5 Å². The number of hydrogen-bond acceptors (Lipinski definition) is 3. The van der Waals surface area contributed by atoms with Crippen LogP contribution in [0.4, 0.5) is 13.2 Å². The molecular formula is C22H28F3N3O2. The molecule has 1 saturated carbocycles. The predicted octanol–water partition coefficient (Wildman–Crippen LogP) is 2.80. The van der Waals surface area contributed by atoms with Crippen molar-refractivity contribution in [2.45, 2.75) is 82.0 Å². The summed E-state index contributed by atoms with van der Waals surface area (Å²) in [5.74, 6) is -3.05. The number of amides is 2. The Morgan fingerprint density at radius 1 is 1.00 bits per heavy atom. The fraction of sp³-hybridized carbons (Fsp3) is 0.636. The van der Waals surface area contributed by atoms with Gasteiger partial charge in [0.05, 0.1) is 0 Å². The molecular weight excluding hydrogens is 395 g/mol.